The molecule has 0 bridgehead atoms. The molecule has 0 heterocycles. The topological polar surface area (TPSA) is 0 Å². The fraction of sp³-hybridized carbons (Fsp3) is 1.00. The van der Waals surface area contributed by atoms with Gasteiger partial charge in [0.05, 0.1) is 0 Å². The van der Waals surface area contributed by atoms with Gasteiger partial charge in [0.2, 0.25) is 0 Å². The smallest absolute Gasteiger partial charge is 0.0332 e. The lowest BCUT2D eigenvalue weighted by atomic mass is 9.64. The molecule has 0 fully saturated rings. The molecule has 0 amide bonds. The van der Waals surface area contributed by atoms with Gasteiger partial charge < -0.3 is 0 Å². The van der Waals surface area contributed by atoms with Crippen molar-refractivity contribution in [3.8, 4) is 0 Å². The van der Waals surface area contributed by atoms with Gasteiger partial charge in [0.15, 0.2) is 0 Å². The van der Waals surface area contributed by atoms with Crippen LogP contribution in [0.5, 0.6) is 0 Å². The summed E-state index contributed by atoms with van der Waals surface area (Å²) in [5.74, 6) is 7.72. The Balaban J connectivity index is 4.96. The van der Waals surface area contributed by atoms with Crippen LogP contribution in [0.4, 0.5) is 0 Å². The van der Waals surface area contributed by atoms with Crippen LogP contribution in [0.15, 0.2) is 0 Å². The van der Waals surface area contributed by atoms with Gasteiger partial charge in [-0.1, -0.05) is 115 Å². The maximum Gasteiger partial charge on any atom is -0.0332 e. The summed E-state index contributed by atoms with van der Waals surface area (Å²) in [4.78, 5) is 0. The van der Waals surface area contributed by atoms with E-state index in [1.807, 2.05) is 0 Å². The van der Waals surface area contributed by atoms with Gasteiger partial charge in [0.1, 0.15) is 0 Å². The quantitative estimate of drug-likeness (QED) is 0.265. The summed E-state index contributed by atoms with van der Waals surface area (Å²) >= 11 is 0. The fourth-order valence-electron chi connectivity index (χ4n) is 5.23. The van der Waals surface area contributed by atoms with E-state index in [1.165, 1.54) is 44.9 Å². The van der Waals surface area contributed by atoms with Crippen LogP contribution in [-0.4, -0.2) is 0 Å². The number of hydrogen-bond donors (Lipinski definition) is 0. The third-order valence-corrected chi connectivity index (χ3v) is 7.85. The second-order valence-electron chi connectivity index (χ2n) is 11.1. The van der Waals surface area contributed by atoms with Crippen molar-refractivity contribution in [3.05, 3.63) is 0 Å². The van der Waals surface area contributed by atoms with E-state index < -0.39 is 0 Å². The maximum atomic E-state index is 2.55. The monoisotopic (exact) mass is 380 g/mol. The van der Waals surface area contributed by atoms with Gasteiger partial charge in [0.25, 0.3) is 0 Å². The number of rotatable bonds is 15. The zero-order valence-electron chi connectivity index (χ0n) is 21.1. The molecule has 0 aliphatic carbocycles. The molecular formula is C27H56. The van der Waals surface area contributed by atoms with Gasteiger partial charge in [-0.2, -0.15) is 0 Å². The van der Waals surface area contributed by atoms with Crippen molar-refractivity contribution in [1.29, 1.82) is 0 Å². The molecule has 0 aliphatic rings. The first-order chi connectivity index (χ1) is 12.5. The minimum Gasteiger partial charge on any atom is -0.0651 e. The molecule has 7 atom stereocenters. The van der Waals surface area contributed by atoms with Crippen molar-refractivity contribution >= 4 is 0 Å². The molecule has 164 valence electrons. The molecular weight excluding hydrogens is 324 g/mol. The van der Waals surface area contributed by atoms with Crippen LogP contribution < -0.4 is 0 Å². The van der Waals surface area contributed by atoms with E-state index in [0.717, 1.165) is 53.3 Å². The predicted molar refractivity (Wildman–Crippen MR) is 126 cm³/mol. The summed E-state index contributed by atoms with van der Waals surface area (Å²) in [5, 5.41) is 0. The molecule has 0 saturated heterocycles. The van der Waals surface area contributed by atoms with Gasteiger partial charge in [-0.15, -0.1) is 0 Å². The first-order valence-electron chi connectivity index (χ1n) is 12.5. The molecule has 0 N–H and O–H groups in total. The molecule has 7 unspecified atom stereocenters. The molecule has 0 aliphatic heterocycles. The molecule has 0 heteroatoms. The Hall–Kier alpha value is 0. The minimum absolute atomic E-state index is 0.796. The zero-order valence-corrected chi connectivity index (χ0v) is 21.1. The second kappa shape index (κ2) is 14.1. The molecule has 0 aromatic rings. The van der Waals surface area contributed by atoms with Gasteiger partial charge in [-0.05, 0) is 59.7 Å². The molecule has 0 nitrogen and oxygen atoms in total. The highest BCUT2D eigenvalue weighted by Crippen LogP contribution is 2.42. The molecule has 27 heavy (non-hydrogen) atoms. The Kier molecular flexibility index (Phi) is 14.1. The van der Waals surface area contributed by atoms with E-state index in [9.17, 15) is 0 Å². The highest BCUT2D eigenvalue weighted by atomic mass is 14.4. The molecule has 0 rings (SSSR count). The lowest BCUT2D eigenvalue weighted by Crippen LogP contribution is -2.34. The first-order valence-corrected chi connectivity index (χ1v) is 12.5. The van der Waals surface area contributed by atoms with Gasteiger partial charge >= 0.3 is 0 Å². The van der Waals surface area contributed by atoms with E-state index in [1.54, 1.807) is 0 Å². The molecule has 0 aromatic carbocycles. The fourth-order valence-corrected chi connectivity index (χ4v) is 5.23. The first kappa shape index (κ1) is 27.0. The Morgan fingerprint density at radius 1 is 0.556 bits per heavy atom. The van der Waals surface area contributed by atoms with Crippen molar-refractivity contribution in [3.63, 3.8) is 0 Å². The van der Waals surface area contributed by atoms with Crippen molar-refractivity contribution in [2.24, 2.45) is 53.3 Å². The highest BCUT2D eigenvalue weighted by Gasteiger charge is 2.35. The minimum atomic E-state index is 0.796. The van der Waals surface area contributed by atoms with Crippen molar-refractivity contribution in [2.75, 3.05) is 0 Å². The predicted octanol–water partition coefficient (Wildman–Crippen LogP) is 9.48. The standard InChI is InChI=1S/C27H56/c1-12-23(9)25(11)27(20(5)6)26(24(10)13-2)18-22(8)17-16-21(7)15-14-19(3)4/h19-27H,12-18H2,1-11H3. The van der Waals surface area contributed by atoms with Crippen LogP contribution >= 0.6 is 0 Å². The van der Waals surface area contributed by atoms with E-state index in [2.05, 4.69) is 76.2 Å². The Morgan fingerprint density at radius 3 is 1.48 bits per heavy atom. The van der Waals surface area contributed by atoms with Crippen LogP contribution in [0.2, 0.25) is 0 Å². The zero-order chi connectivity index (χ0) is 21.1. The van der Waals surface area contributed by atoms with Gasteiger partial charge in [0, 0.05) is 0 Å². The summed E-state index contributed by atoms with van der Waals surface area (Å²) in [6.45, 7) is 27.0. The largest absolute Gasteiger partial charge is 0.0651 e. The average molecular weight is 381 g/mol. The normalized spacial score (nSPS) is 20.3. The van der Waals surface area contributed by atoms with Crippen LogP contribution in [0.25, 0.3) is 0 Å². The Morgan fingerprint density at radius 2 is 1.04 bits per heavy atom. The molecule has 0 spiro atoms. The van der Waals surface area contributed by atoms with E-state index in [-0.39, 0.29) is 0 Å². The average Bonchev–Trinajstić information content (AvgIpc) is 2.62. The maximum absolute atomic E-state index is 2.55. The lowest BCUT2D eigenvalue weighted by Gasteiger charge is -2.41. The summed E-state index contributed by atoms with van der Waals surface area (Å²) in [7, 11) is 0. The Labute approximate surface area is 174 Å². The Bertz CT molecular complexity index is 342. The lowest BCUT2D eigenvalue weighted by molar-refractivity contribution is 0.0741. The van der Waals surface area contributed by atoms with E-state index in [0.29, 0.717) is 0 Å². The van der Waals surface area contributed by atoms with Crippen LogP contribution in [0, 0.1) is 53.3 Å². The van der Waals surface area contributed by atoms with Gasteiger partial charge in [-0.3, -0.25) is 0 Å². The van der Waals surface area contributed by atoms with Gasteiger partial charge in [-0.25, -0.2) is 0 Å². The van der Waals surface area contributed by atoms with E-state index >= 15 is 0 Å². The summed E-state index contributed by atoms with van der Waals surface area (Å²) < 4.78 is 0. The SMILES string of the molecule is CCC(C)C(C)C(C(C)C)C(CC(C)CCC(C)CCC(C)C)C(C)CC. The van der Waals surface area contributed by atoms with Crippen molar-refractivity contribution < 1.29 is 0 Å². The molecule has 0 saturated carbocycles. The second-order valence-corrected chi connectivity index (χ2v) is 11.1. The van der Waals surface area contributed by atoms with Crippen LogP contribution in [0.3, 0.4) is 0 Å². The highest BCUT2D eigenvalue weighted by molar-refractivity contribution is 4.84. The third-order valence-electron chi connectivity index (χ3n) is 7.85. The third kappa shape index (κ3) is 10.4. The number of hydrogen-bond acceptors (Lipinski definition) is 0. The summed E-state index contributed by atoms with van der Waals surface area (Å²) in [6, 6.07) is 0. The van der Waals surface area contributed by atoms with E-state index in [4.69, 9.17) is 0 Å². The van der Waals surface area contributed by atoms with Crippen molar-refractivity contribution in [2.45, 2.75) is 121 Å². The van der Waals surface area contributed by atoms with Crippen molar-refractivity contribution in [1.82, 2.24) is 0 Å². The molecule has 0 radical (unpaired) electrons. The molecule has 0 aromatic heterocycles. The van der Waals surface area contributed by atoms with Crippen LogP contribution in [0.1, 0.15) is 121 Å². The summed E-state index contributed by atoms with van der Waals surface area (Å²) in [5.41, 5.74) is 0. The summed E-state index contributed by atoms with van der Waals surface area (Å²) in [6.07, 6.45) is 9.75. The van der Waals surface area contributed by atoms with Crippen LogP contribution in [-0.2, 0) is 0 Å².